The normalized spacial score (nSPS) is 12.3. The lowest BCUT2D eigenvalue weighted by molar-refractivity contribution is -0.122. The SMILES string of the molecule is C=C(C)COc1cc(NC(=O)/C(CI)=C(\C=[NH2+])C(F)(F)F)c(F)cc1Cl. The van der Waals surface area contributed by atoms with E-state index in [2.05, 4.69) is 11.9 Å². The Labute approximate surface area is 165 Å². The second-order valence-corrected chi connectivity index (χ2v) is 6.32. The number of nitrogens with one attached hydrogen (secondary N) is 1. The maximum atomic E-state index is 14.0. The van der Waals surface area contributed by atoms with Crippen LogP contribution in [0.5, 0.6) is 5.75 Å². The fourth-order valence-corrected chi connectivity index (χ4v) is 2.72. The van der Waals surface area contributed by atoms with E-state index in [9.17, 15) is 22.4 Å². The topological polar surface area (TPSA) is 63.9 Å². The summed E-state index contributed by atoms with van der Waals surface area (Å²) in [6.45, 7) is 5.42. The van der Waals surface area contributed by atoms with E-state index in [0.29, 0.717) is 11.8 Å². The van der Waals surface area contributed by atoms with Gasteiger partial charge in [-0.3, -0.25) is 10.2 Å². The summed E-state index contributed by atoms with van der Waals surface area (Å²) >= 11 is 7.44. The third-order valence-electron chi connectivity index (χ3n) is 2.95. The molecule has 1 aromatic rings. The van der Waals surface area contributed by atoms with Crippen LogP contribution in [0, 0.1) is 5.82 Å². The highest BCUT2D eigenvalue weighted by molar-refractivity contribution is 14.1. The van der Waals surface area contributed by atoms with Crippen LogP contribution in [0.3, 0.4) is 0 Å². The molecule has 0 saturated heterocycles. The van der Waals surface area contributed by atoms with Gasteiger partial charge in [-0.25, -0.2) is 4.39 Å². The van der Waals surface area contributed by atoms with E-state index < -0.39 is 29.0 Å². The molecule has 0 aliphatic heterocycles. The highest BCUT2D eigenvalue weighted by Crippen LogP contribution is 2.32. The minimum absolute atomic E-state index is 0.0489. The van der Waals surface area contributed by atoms with Crippen LogP contribution in [0.2, 0.25) is 5.02 Å². The molecule has 0 heterocycles. The number of alkyl halides is 4. The van der Waals surface area contributed by atoms with Crippen LogP contribution in [0.4, 0.5) is 23.2 Å². The first-order valence-electron chi connectivity index (χ1n) is 7.00. The number of carbonyl (C=O) groups excluding carboxylic acids is 1. The van der Waals surface area contributed by atoms with Gasteiger partial charge in [0.25, 0.3) is 5.91 Å². The summed E-state index contributed by atoms with van der Waals surface area (Å²) in [5, 5.41) is 7.03. The van der Waals surface area contributed by atoms with E-state index in [4.69, 9.17) is 21.7 Å². The number of allylic oxidation sites excluding steroid dienone is 1. The van der Waals surface area contributed by atoms with Crippen LogP contribution >= 0.6 is 34.2 Å². The number of benzene rings is 1. The molecule has 3 N–H and O–H groups in total. The Morgan fingerprint density at radius 3 is 2.54 bits per heavy atom. The van der Waals surface area contributed by atoms with E-state index in [1.165, 1.54) is 0 Å². The molecule has 1 aromatic carbocycles. The van der Waals surface area contributed by atoms with Gasteiger partial charge < -0.3 is 10.1 Å². The van der Waals surface area contributed by atoms with Crippen molar-refractivity contribution in [2.45, 2.75) is 13.1 Å². The second-order valence-electron chi connectivity index (χ2n) is 5.15. The molecule has 0 unspecified atom stereocenters. The van der Waals surface area contributed by atoms with Gasteiger partial charge in [-0.05, 0) is 18.6 Å². The predicted octanol–water partition coefficient (Wildman–Crippen LogP) is 3.50. The van der Waals surface area contributed by atoms with Crippen LogP contribution in [-0.2, 0) is 4.79 Å². The fraction of sp³-hybridized carbons (Fsp3) is 0.250. The van der Waals surface area contributed by atoms with Gasteiger partial charge in [0.1, 0.15) is 23.7 Å². The molecule has 4 nitrogen and oxygen atoms in total. The molecule has 1 amide bonds. The minimum Gasteiger partial charge on any atom is -0.488 e. The molecule has 1 rings (SSSR count). The number of amides is 1. The Balaban J connectivity index is 3.22. The molecule has 142 valence electrons. The maximum absolute atomic E-state index is 14.0. The fourth-order valence-electron chi connectivity index (χ4n) is 1.76. The number of hydrogen-bond donors (Lipinski definition) is 2. The van der Waals surface area contributed by atoms with Gasteiger partial charge in [0.05, 0.1) is 10.7 Å². The lowest BCUT2D eigenvalue weighted by Gasteiger charge is -2.14. The van der Waals surface area contributed by atoms with Crippen LogP contribution in [0.25, 0.3) is 0 Å². The number of anilines is 1. The van der Waals surface area contributed by atoms with Crippen molar-refractivity contribution < 1.29 is 32.5 Å². The minimum atomic E-state index is -4.82. The zero-order valence-corrected chi connectivity index (χ0v) is 16.4. The first kappa shape index (κ1) is 22.4. The molecule has 0 fully saturated rings. The Bertz CT molecular complexity index is 763. The third kappa shape index (κ3) is 5.97. The van der Waals surface area contributed by atoms with Gasteiger partial charge in [-0.2, -0.15) is 13.2 Å². The van der Waals surface area contributed by atoms with Gasteiger partial charge in [-0.15, -0.1) is 0 Å². The summed E-state index contributed by atoms with van der Waals surface area (Å²) < 4.78 is 57.9. The predicted molar refractivity (Wildman–Crippen MR) is 100 cm³/mol. The van der Waals surface area contributed by atoms with Crippen molar-refractivity contribution >= 4 is 52.0 Å². The molecule has 10 heteroatoms. The summed E-state index contributed by atoms with van der Waals surface area (Å²) in [5.41, 5.74) is -1.65. The summed E-state index contributed by atoms with van der Waals surface area (Å²) in [5.74, 6) is -2.02. The zero-order chi connectivity index (χ0) is 20.1. The van der Waals surface area contributed by atoms with Crippen molar-refractivity contribution in [1.29, 1.82) is 0 Å². The number of halogens is 6. The van der Waals surface area contributed by atoms with Crippen molar-refractivity contribution in [2.75, 3.05) is 16.4 Å². The molecular formula is C16H15ClF4IN2O2+. The molecular weight excluding hydrogens is 491 g/mol. The van der Waals surface area contributed by atoms with Crippen molar-refractivity contribution in [3.63, 3.8) is 0 Å². The lowest BCUT2D eigenvalue weighted by Crippen LogP contribution is -2.36. The Morgan fingerprint density at radius 2 is 2.08 bits per heavy atom. The number of carbonyl (C=O) groups is 1. The van der Waals surface area contributed by atoms with E-state index in [1.54, 1.807) is 29.5 Å². The van der Waals surface area contributed by atoms with Crippen LogP contribution in [0.15, 0.2) is 35.4 Å². The molecule has 0 aromatic heterocycles. The van der Waals surface area contributed by atoms with Crippen molar-refractivity contribution in [2.24, 2.45) is 0 Å². The summed E-state index contributed by atoms with van der Waals surface area (Å²) in [4.78, 5) is 12.2. The smallest absolute Gasteiger partial charge is 0.422 e. The molecule has 0 bridgehead atoms. The van der Waals surface area contributed by atoms with Crippen LogP contribution in [0.1, 0.15) is 6.92 Å². The average molecular weight is 506 g/mol. The van der Waals surface area contributed by atoms with Crippen LogP contribution < -0.4 is 15.5 Å². The molecule has 26 heavy (non-hydrogen) atoms. The molecule has 0 atom stereocenters. The van der Waals surface area contributed by atoms with E-state index in [0.717, 1.165) is 12.1 Å². The van der Waals surface area contributed by atoms with E-state index in [-0.39, 0.29) is 27.5 Å². The van der Waals surface area contributed by atoms with Gasteiger partial charge >= 0.3 is 6.18 Å². The largest absolute Gasteiger partial charge is 0.488 e. The molecule has 0 spiro atoms. The average Bonchev–Trinajstić information content (AvgIpc) is 2.52. The third-order valence-corrected chi connectivity index (χ3v) is 4.01. The molecule has 0 radical (unpaired) electrons. The van der Waals surface area contributed by atoms with Gasteiger partial charge in [-0.1, -0.05) is 40.8 Å². The Hall–Kier alpha value is -1.62. The van der Waals surface area contributed by atoms with E-state index >= 15 is 0 Å². The zero-order valence-electron chi connectivity index (χ0n) is 13.5. The quantitative estimate of drug-likeness (QED) is 0.149. The number of hydrogen-bond acceptors (Lipinski definition) is 2. The van der Waals surface area contributed by atoms with Crippen molar-refractivity contribution in [3.05, 3.63) is 46.3 Å². The monoisotopic (exact) mass is 505 g/mol. The number of nitrogens with two attached hydrogens (primary N) is 1. The molecule has 0 aliphatic rings. The van der Waals surface area contributed by atoms with Gasteiger partial charge in [0.15, 0.2) is 6.21 Å². The number of ether oxygens (including phenoxy) is 1. The number of rotatable bonds is 7. The maximum Gasteiger partial charge on any atom is 0.422 e. The first-order chi connectivity index (χ1) is 12.0. The standard InChI is InChI=1S/C16H14ClF4IN2O2/c1-8(2)7-26-14-4-13(12(18)3-11(14)17)24-15(25)9(5-22)10(6-23)16(19,20)21/h3-4,6,23H,1,5,7H2,2H3,(H,24,25)/p+1/b10-9+,23-6?. The van der Waals surface area contributed by atoms with Gasteiger partial charge in [0, 0.05) is 16.1 Å². The highest BCUT2D eigenvalue weighted by Gasteiger charge is 2.38. The van der Waals surface area contributed by atoms with Crippen LogP contribution in [-0.4, -0.2) is 29.3 Å². The summed E-state index contributed by atoms with van der Waals surface area (Å²) in [7, 11) is 0. The Kier molecular flexibility index (Phi) is 8.07. The molecule has 0 aliphatic carbocycles. The summed E-state index contributed by atoms with van der Waals surface area (Å²) in [6.07, 6.45) is -4.52. The Morgan fingerprint density at radius 1 is 1.46 bits per heavy atom. The molecule has 0 saturated carbocycles. The summed E-state index contributed by atoms with van der Waals surface area (Å²) in [6, 6.07) is 1.97. The van der Waals surface area contributed by atoms with E-state index in [1.807, 2.05) is 0 Å². The van der Waals surface area contributed by atoms with Crippen molar-refractivity contribution in [1.82, 2.24) is 0 Å². The highest BCUT2D eigenvalue weighted by atomic mass is 127. The first-order valence-corrected chi connectivity index (χ1v) is 8.90. The van der Waals surface area contributed by atoms with Crippen molar-refractivity contribution in [3.8, 4) is 5.75 Å². The lowest BCUT2D eigenvalue weighted by atomic mass is 10.1. The second kappa shape index (κ2) is 9.36. The van der Waals surface area contributed by atoms with Gasteiger partial charge in [0.2, 0.25) is 0 Å².